The molecule has 0 saturated carbocycles. The lowest BCUT2D eigenvalue weighted by Gasteiger charge is -2.09. The number of para-hydroxylation sites is 1. The topological polar surface area (TPSA) is 52.4 Å². The second-order valence-corrected chi connectivity index (χ2v) is 4.32. The summed E-state index contributed by atoms with van der Waals surface area (Å²) in [7, 11) is 0. The summed E-state index contributed by atoms with van der Waals surface area (Å²) in [6, 6.07) is 9.39. The fourth-order valence-electron chi connectivity index (χ4n) is 1.87. The van der Waals surface area contributed by atoms with Crippen molar-refractivity contribution < 1.29 is 9.66 Å². The lowest BCUT2D eigenvalue weighted by Crippen LogP contribution is -2.42. The Bertz CT molecular complexity index is 484. The summed E-state index contributed by atoms with van der Waals surface area (Å²) in [5.41, 5.74) is 1.24. The van der Waals surface area contributed by atoms with Crippen molar-refractivity contribution in [3.05, 3.63) is 47.4 Å². The summed E-state index contributed by atoms with van der Waals surface area (Å²) in [5.74, 6) is -0.282. The molecule has 0 bridgehead atoms. The van der Waals surface area contributed by atoms with E-state index in [2.05, 4.69) is 11.9 Å². The van der Waals surface area contributed by atoms with Crippen LogP contribution in [-0.4, -0.2) is 23.5 Å². The maximum absolute atomic E-state index is 12.1. The molecule has 1 saturated heterocycles. The fourth-order valence-corrected chi connectivity index (χ4v) is 1.87. The largest absolute Gasteiger partial charge is 0.311 e. The minimum absolute atomic E-state index is 0.282. The zero-order valence-corrected chi connectivity index (χ0v) is 10.3. The van der Waals surface area contributed by atoms with Gasteiger partial charge in [0.1, 0.15) is 10.6 Å². The molecular weight excluding hydrogens is 230 g/mol. The number of hydrogen-bond acceptors (Lipinski definition) is 2. The van der Waals surface area contributed by atoms with Crippen LogP contribution < -0.4 is 10.3 Å². The molecule has 0 radical (unpaired) electrons. The van der Waals surface area contributed by atoms with E-state index in [9.17, 15) is 9.70 Å². The second-order valence-electron chi connectivity index (χ2n) is 4.32. The minimum atomic E-state index is -0.519. The van der Waals surface area contributed by atoms with Crippen molar-refractivity contribution in [3.63, 3.8) is 0 Å². The third-order valence-electron chi connectivity index (χ3n) is 2.86. The monoisotopic (exact) mass is 246 g/mol. The molecule has 1 heterocycles. The molecule has 1 N–H and O–H groups in total. The number of hydrazine groups is 1. The molecule has 1 aromatic rings. The highest BCUT2D eigenvalue weighted by Gasteiger charge is 2.41. The van der Waals surface area contributed by atoms with E-state index < -0.39 is 6.17 Å². The molecule has 1 fully saturated rings. The first-order valence-electron chi connectivity index (χ1n) is 5.85. The van der Waals surface area contributed by atoms with Crippen molar-refractivity contribution in [2.75, 3.05) is 11.6 Å². The van der Waals surface area contributed by atoms with Gasteiger partial charge in [-0.3, -0.25) is 10.1 Å². The summed E-state index contributed by atoms with van der Waals surface area (Å²) < 4.78 is 0. The van der Waals surface area contributed by atoms with E-state index in [1.54, 1.807) is 11.9 Å². The van der Waals surface area contributed by atoms with E-state index in [-0.39, 0.29) is 5.91 Å². The molecular formula is C13H16N3O2+. The first-order valence-corrected chi connectivity index (χ1v) is 5.85. The number of nitrogens with zero attached hydrogens (tertiary/aromatic N) is 2. The van der Waals surface area contributed by atoms with Crippen LogP contribution in [0.5, 0.6) is 0 Å². The van der Waals surface area contributed by atoms with Crippen molar-refractivity contribution in [2.24, 2.45) is 0 Å². The minimum Gasteiger partial charge on any atom is -0.288 e. The van der Waals surface area contributed by atoms with Crippen molar-refractivity contribution in [1.29, 1.82) is 0 Å². The normalized spacial score (nSPS) is 18.8. The Balaban J connectivity index is 2.06. The van der Waals surface area contributed by atoms with Crippen LogP contribution in [0.1, 0.15) is 13.3 Å². The highest BCUT2D eigenvalue weighted by atomic mass is 16.3. The Morgan fingerprint density at radius 1 is 1.44 bits per heavy atom. The zero-order valence-electron chi connectivity index (χ0n) is 10.3. The maximum atomic E-state index is 12.1. The molecule has 2 rings (SSSR count). The SMILES string of the molecule is C=C(C)C(=O)NC1CCN(c2ccccc2)[N+]1=O. The number of nitroso groups, excluding NO2 is 1. The molecule has 1 amide bonds. The van der Waals surface area contributed by atoms with E-state index in [0.29, 0.717) is 18.5 Å². The van der Waals surface area contributed by atoms with Crippen LogP contribution >= 0.6 is 0 Å². The molecule has 94 valence electrons. The molecule has 5 heteroatoms. The first kappa shape index (κ1) is 12.3. The molecule has 5 nitrogen and oxygen atoms in total. The number of nitrogens with one attached hydrogen (secondary N) is 1. The van der Waals surface area contributed by atoms with Gasteiger partial charge in [-0.05, 0) is 19.1 Å². The molecule has 1 unspecified atom stereocenters. The summed E-state index contributed by atoms with van der Waals surface area (Å²) >= 11 is 0. The van der Waals surface area contributed by atoms with Crippen LogP contribution in [0, 0.1) is 4.91 Å². The lowest BCUT2D eigenvalue weighted by molar-refractivity contribution is -0.581. The van der Waals surface area contributed by atoms with Gasteiger partial charge in [-0.1, -0.05) is 24.8 Å². The van der Waals surface area contributed by atoms with Crippen LogP contribution in [0.2, 0.25) is 0 Å². The number of carbonyl (C=O) groups is 1. The van der Waals surface area contributed by atoms with Gasteiger partial charge in [-0.25, -0.2) is 0 Å². The van der Waals surface area contributed by atoms with Crippen LogP contribution in [-0.2, 0) is 4.79 Å². The standard InChI is InChI=1S/C13H15N3O2/c1-10(2)13(17)14-12-8-9-15(16(12)18)11-6-4-3-5-7-11/h3-7,12H,1,8-9H2,2H3/p+1. The van der Waals surface area contributed by atoms with E-state index in [4.69, 9.17) is 0 Å². The van der Waals surface area contributed by atoms with Gasteiger partial charge in [-0.2, -0.15) is 0 Å². The van der Waals surface area contributed by atoms with Gasteiger partial charge >= 0.3 is 6.17 Å². The molecule has 0 aliphatic carbocycles. The maximum Gasteiger partial charge on any atom is 0.311 e. The Labute approximate surface area is 106 Å². The third-order valence-corrected chi connectivity index (χ3v) is 2.86. The summed E-state index contributed by atoms with van der Waals surface area (Å²) in [4.78, 5) is 24.4. The Kier molecular flexibility index (Phi) is 3.41. The third kappa shape index (κ3) is 2.40. The number of hydrogen-bond donors (Lipinski definition) is 1. The predicted molar refractivity (Wildman–Crippen MR) is 68.8 cm³/mol. The van der Waals surface area contributed by atoms with Crippen LogP contribution in [0.3, 0.4) is 0 Å². The first-order chi connectivity index (χ1) is 8.59. The van der Waals surface area contributed by atoms with E-state index in [0.717, 1.165) is 10.6 Å². The quantitative estimate of drug-likeness (QED) is 0.651. The molecule has 1 aliphatic rings. The van der Waals surface area contributed by atoms with Crippen LogP contribution in [0.15, 0.2) is 42.5 Å². The highest BCUT2D eigenvalue weighted by Crippen LogP contribution is 2.20. The number of carbonyl (C=O) groups excluding carboxylic acids is 1. The van der Waals surface area contributed by atoms with Crippen molar-refractivity contribution >= 4 is 11.6 Å². The van der Waals surface area contributed by atoms with Crippen molar-refractivity contribution in [2.45, 2.75) is 19.5 Å². The molecule has 1 atom stereocenters. The number of rotatable bonds is 3. The fraction of sp³-hybridized carbons (Fsp3) is 0.308. The molecule has 1 aromatic carbocycles. The molecule has 18 heavy (non-hydrogen) atoms. The molecule has 0 aromatic heterocycles. The predicted octanol–water partition coefficient (Wildman–Crippen LogP) is 1.61. The summed E-state index contributed by atoms with van der Waals surface area (Å²) in [6.45, 7) is 5.76. The zero-order chi connectivity index (χ0) is 13.1. The Hall–Kier alpha value is -2.17. The van der Waals surface area contributed by atoms with Gasteiger partial charge < -0.3 is 0 Å². The van der Waals surface area contributed by atoms with Gasteiger partial charge in [-0.15, -0.1) is 5.01 Å². The van der Waals surface area contributed by atoms with Crippen LogP contribution in [0.4, 0.5) is 5.69 Å². The average molecular weight is 246 g/mol. The van der Waals surface area contributed by atoms with E-state index in [1.807, 2.05) is 30.3 Å². The smallest absolute Gasteiger partial charge is 0.288 e. The Morgan fingerprint density at radius 2 is 2.11 bits per heavy atom. The van der Waals surface area contributed by atoms with E-state index in [1.165, 1.54) is 0 Å². The average Bonchev–Trinajstić information content (AvgIpc) is 2.72. The number of anilines is 1. The molecule has 0 spiro atoms. The summed E-state index contributed by atoms with van der Waals surface area (Å²) in [6.07, 6.45) is 0.0756. The summed E-state index contributed by atoms with van der Waals surface area (Å²) in [5, 5.41) is 4.28. The van der Waals surface area contributed by atoms with Crippen molar-refractivity contribution in [3.8, 4) is 0 Å². The van der Waals surface area contributed by atoms with Crippen molar-refractivity contribution in [1.82, 2.24) is 5.32 Å². The number of benzene rings is 1. The molecule has 1 aliphatic heterocycles. The van der Waals surface area contributed by atoms with Gasteiger partial charge in [0.05, 0.1) is 17.9 Å². The second kappa shape index (κ2) is 5.00. The van der Waals surface area contributed by atoms with Crippen LogP contribution in [0.25, 0.3) is 0 Å². The van der Waals surface area contributed by atoms with Gasteiger partial charge in [0.25, 0.3) is 5.91 Å². The van der Waals surface area contributed by atoms with Gasteiger partial charge in [0, 0.05) is 5.57 Å². The Morgan fingerprint density at radius 3 is 2.72 bits per heavy atom. The lowest BCUT2D eigenvalue weighted by atomic mass is 10.3. The highest BCUT2D eigenvalue weighted by molar-refractivity contribution is 5.92. The van der Waals surface area contributed by atoms with E-state index >= 15 is 0 Å². The van der Waals surface area contributed by atoms with Gasteiger partial charge in [0.2, 0.25) is 0 Å². The van der Waals surface area contributed by atoms with Gasteiger partial charge in [0.15, 0.2) is 0 Å². The number of amides is 1.